The molecule has 0 saturated carbocycles. The minimum Gasteiger partial charge on any atom is -0.457 e. The number of nitrogens with zero attached hydrogens (tertiary/aromatic N) is 2. The average molecular weight is 1360 g/mol. The van der Waals surface area contributed by atoms with E-state index in [4.69, 9.17) is 9.47 Å². The molecule has 103 heavy (non-hydrogen) atoms. The monoisotopic (exact) mass is 1360 g/mol. The number of ether oxygens (including phenoxy) is 2. The van der Waals surface area contributed by atoms with E-state index in [9.17, 15) is 0 Å². The van der Waals surface area contributed by atoms with Crippen molar-refractivity contribution in [2.45, 2.75) is 10.8 Å². The molecule has 4 nitrogen and oxygen atoms in total. The van der Waals surface area contributed by atoms with Gasteiger partial charge < -0.3 is 19.3 Å². The fourth-order valence-electron chi connectivity index (χ4n) is 15.8. The fraction of sp³-hybridized carbons (Fsp3) is 0.0213. The zero-order chi connectivity index (χ0) is 69.5. The number of halogens is 4. The number of hydrogen-bond donors (Lipinski definition) is 0. The minimum atomic E-state index is -0.918. The Morgan fingerprint density at radius 2 is 0.621 bits per heavy atom. The van der Waals surface area contributed by atoms with Crippen LogP contribution >= 0.6 is 11.3 Å². The van der Waals surface area contributed by atoms with Gasteiger partial charge in [-0.2, -0.15) is 0 Å². The third-order valence-corrected chi connectivity index (χ3v) is 21.6. The summed E-state index contributed by atoms with van der Waals surface area (Å²) in [5.41, 5.74) is 17.0. The predicted molar refractivity (Wildman–Crippen MR) is 414 cm³/mol. The first-order valence-electron chi connectivity index (χ1n) is 34.0. The van der Waals surface area contributed by atoms with Crippen LogP contribution in [0.3, 0.4) is 0 Å². The molecule has 0 N–H and O–H groups in total. The minimum absolute atomic E-state index is 0.336. The van der Waals surface area contributed by atoms with Crippen LogP contribution < -0.4 is 19.3 Å². The highest BCUT2D eigenvalue weighted by molar-refractivity contribution is 7.25. The molecule has 492 valence electrons. The number of fused-ring (bicyclic) bond motifs is 10. The van der Waals surface area contributed by atoms with Gasteiger partial charge in [0.2, 0.25) is 0 Å². The lowest BCUT2D eigenvalue weighted by atomic mass is 9.67. The Balaban J connectivity index is 0.762. The van der Waals surface area contributed by atoms with Crippen LogP contribution in [0.5, 0.6) is 23.0 Å². The summed E-state index contributed by atoms with van der Waals surface area (Å²) in [6.07, 6.45) is 3.60. The Morgan fingerprint density at radius 3 is 1.06 bits per heavy atom. The first-order chi connectivity index (χ1) is 50.5. The predicted octanol–water partition coefficient (Wildman–Crippen LogP) is 26.3. The second-order valence-corrected chi connectivity index (χ2v) is 27.2. The van der Waals surface area contributed by atoms with Crippen LogP contribution in [0.1, 0.15) is 55.6 Å². The van der Waals surface area contributed by atoms with E-state index in [2.05, 4.69) is 181 Å². The maximum Gasteiger partial charge on any atom is 0.127 e. The lowest BCUT2D eigenvalue weighted by Crippen LogP contribution is -2.28. The fourth-order valence-corrected chi connectivity index (χ4v) is 16.9. The summed E-state index contributed by atoms with van der Waals surface area (Å²) < 4.78 is 75.8. The van der Waals surface area contributed by atoms with Crippen molar-refractivity contribution < 1.29 is 27.0 Å². The van der Waals surface area contributed by atoms with Gasteiger partial charge >= 0.3 is 0 Å². The third kappa shape index (κ3) is 10.6. The summed E-state index contributed by atoms with van der Waals surface area (Å²) in [5.74, 6) is 1.33. The quantitative estimate of drug-likeness (QED) is 0.0900. The van der Waals surface area contributed by atoms with E-state index in [1.807, 2.05) is 121 Å². The topological polar surface area (TPSA) is 24.9 Å². The lowest BCUT2D eigenvalue weighted by Gasteiger charge is -2.35. The molecule has 1 aromatic heterocycles. The molecule has 0 spiro atoms. The van der Waals surface area contributed by atoms with Crippen LogP contribution in [0.2, 0.25) is 0 Å². The molecule has 2 unspecified atom stereocenters. The molecule has 9 heteroatoms. The molecule has 2 aliphatic rings. The normalized spacial score (nSPS) is 14.8. The van der Waals surface area contributed by atoms with Gasteiger partial charge in [0, 0.05) is 54.3 Å². The summed E-state index contributed by atoms with van der Waals surface area (Å²) in [6, 6.07) is 106. The van der Waals surface area contributed by atoms with Gasteiger partial charge in [0.25, 0.3) is 0 Å². The van der Waals surface area contributed by atoms with Crippen molar-refractivity contribution in [2.75, 3.05) is 9.80 Å². The van der Waals surface area contributed by atoms with Gasteiger partial charge in [0.05, 0.1) is 10.8 Å². The van der Waals surface area contributed by atoms with Gasteiger partial charge in [-0.25, -0.2) is 17.6 Å². The average Bonchev–Trinajstić information content (AvgIpc) is 1.55. The first kappa shape index (κ1) is 62.4. The van der Waals surface area contributed by atoms with E-state index in [1.54, 1.807) is 23.5 Å². The summed E-state index contributed by atoms with van der Waals surface area (Å²) in [4.78, 5) is 4.36. The van der Waals surface area contributed by atoms with Gasteiger partial charge in [0.1, 0.15) is 46.3 Å². The standard InChI is InChI=1S/C94H60F4N2O2S/c1-3-59-13-42-77(43-14-59)101-79-46-22-65(23-47-79)93(63-18-26-67(95)27-19-63)87-11-7-5-9-81(87)83-50-39-75(57-89(83)93)99(71-35-30-69(97)31-36-71)73-34-17-61-55-92-85(54-62(61)53-73)86-56-74(41-52-91(86)103-92)100(72-37-32-70(98)33-38-72)76-40-51-84-82-10-6-8-12-88(82)94(90(84)58-76,64-20-28-68(96)29-21-64)66-24-48-80(49-25-66)102-78-44-15-60(4-2)16-45-78/h3-58H,1-2H2. The maximum atomic E-state index is 15.2. The van der Waals surface area contributed by atoms with Crippen LogP contribution in [0.15, 0.2) is 341 Å². The zero-order valence-electron chi connectivity index (χ0n) is 55.4. The Bertz CT molecular complexity index is 5990. The molecular weight excluding hydrogens is 1300 g/mol. The largest absolute Gasteiger partial charge is 0.457 e. The highest BCUT2D eigenvalue weighted by Gasteiger charge is 2.48. The number of thiophene rings is 1. The van der Waals surface area contributed by atoms with Crippen molar-refractivity contribution in [1.82, 2.24) is 0 Å². The van der Waals surface area contributed by atoms with E-state index in [1.165, 1.54) is 48.5 Å². The molecule has 0 aliphatic heterocycles. The highest BCUT2D eigenvalue weighted by Crippen LogP contribution is 2.60. The van der Waals surface area contributed by atoms with Gasteiger partial charge in [-0.05, 0) is 277 Å². The van der Waals surface area contributed by atoms with Gasteiger partial charge in [-0.15, -0.1) is 11.3 Å². The van der Waals surface area contributed by atoms with Crippen LogP contribution in [0.25, 0.3) is 65.4 Å². The van der Waals surface area contributed by atoms with E-state index < -0.39 is 10.8 Å². The summed E-state index contributed by atoms with van der Waals surface area (Å²) in [5, 5.41) is 4.13. The zero-order valence-corrected chi connectivity index (χ0v) is 56.2. The van der Waals surface area contributed by atoms with Crippen LogP contribution in [-0.4, -0.2) is 0 Å². The van der Waals surface area contributed by atoms with Crippen LogP contribution in [0.4, 0.5) is 51.7 Å². The van der Waals surface area contributed by atoms with E-state index in [0.29, 0.717) is 23.0 Å². The first-order valence-corrected chi connectivity index (χ1v) is 34.9. The summed E-state index contributed by atoms with van der Waals surface area (Å²) >= 11 is 1.73. The molecule has 2 atom stereocenters. The summed E-state index contributed by atoms with van der Waals surface area (Å²) in [7, 11) is 0. The maximum absolute atomic E-state index is 15.2. The number of anilines is 6. The Kier molecular flexibility index (Phi) is 15.2. The number of rotatable bonds is 16. The molecule has 0 saturated heterocycles. The Morgan fingerprint density at radius 1 is 0.282 bits per heavy atom. The number of hydrogen-bond acceptors (Lipinski definition) is 5. The van der Waals surface area contributed by atoms with E-state index in [0.717, 1.165) is 143 Å². The van der Waals surface area contributed by atoms with Crippen molar-refractivity contribution >= 4 is 88.6 Å². The molecule has 0 bridgehead atoms. The molecule has 15 aromatic carbocycles. The second-order valence-electron chi connectivity index (χ2n) is 26.1. The molecule has 0 amide bonds. The smallest absolute Gasteiger partial charge is 0.127 e. The van der Waals surface area contributed by atoms with E-state index >= 15 is 17.6 Å². The molecule has 0 fully saturated rings. The second kappa shape index (κ2) is 25.1. The molecular formula is C94H60F4N2O2S. The van der Waals surface area contributed by atoms with Crippen molar-refractivity contribution in [2.24, 2.45) is 0 Å². The summed E-state index contributed by atoms with van der Waals surface area (Å²) in [6.45, 7) is 7.79. The Labute approximate surface area is 597 Å². The lowest BCUT2D eigenvalue weighted by molar-refractivity contribution is 0.482. The SMILES string of the molecule is C=Cc1ccc(Oc2ccc(C3(c4ccc(F)cc4)c4ccccc4-c4ccc(N(c5ccc(F)cc5)c5ccc6cc7sc8ccc(N(c9ccc(F)cc9)c9ccc%10c(c9)C(c9ccc(F)cc9)(c9ccc(Oc%11ccc(C=C)cc%11)cc9)c9ccccc9-%10)cc8c7cc6c5)cc43)cc2)cc1. The molecule has 18 rings (SSSR count). The van der Waals surface area contributed by atoms with Crippen molar-refractivity contribution in [3.05, 3.63) is 420 Å². The van der Waals surface area contributed by atoms with Crippen molar-refractivity contribution in [3.8, 4) is 45.3 Å². The van der Waals surface area contributed by atoms with Crippen molar-refractivity contribution in [3.63, 3.8) is 0 Å². The van der Waals surface area contributed by atoms with E-state index in [-0.39, 0.29) is 23.3 Å². The molecule has 1 heterocycles. The Hall–Kier alpha value is -12.8. The highest BCUT2D eigenvalue weighted by atomic mass is 32.1. The van der Waals surface area contributed by atoms with Gasteiger partial charge in [0.15, 0.2) is 0 Å². The van der Waals surface area contributed by atoms with Gasteiger partial charge in [-0.3, -0.25) is 0 Å². The molecule has 16 aromatic rings. The van der Waals surface area contributed by atoms with Crippen LogP contribution in [0, 0.1) is 23.3 Å². The molecule has 2 aliphatic carbocycles. The number of benzene rings is 15. The molecule has 0 radical (unpaired) electrons. The van der Waals surface area contributed by atoms with Crippen LogP contribution in [-0.2, 0) is 10.8 Å². The third-order valence-electron chi connectivity index (χ3n) is 20.5. The van der Waals surface area contributed by atoms with Crippen molar-refractivity contribution in [1.29, 1.82) is 0 Å². The van der Waals surface area contributed by atoms with Gasteiger partial charge in [-0.1, -0.05) is 165 Å².